The first kappa shape index (κ1) is 21.0. The van der Waals surface area contributed by atoms with E-state index in [4.69, 9.17) is 4.74 Å². The van der Waals surface area contributed by atoms with Crippen LogP contribution in [0.1, 0.15) is 42.5 Å². The topological polar surface area (TPSA) is 41.6 Å². The lowest BCUT2D eigenvalue weighted by Crippen LogP contribution is -2.35. The van der Waals surface area contributed by atoms with E-state index in [0.29, 0.717) is 13.0 Å². The zero-order valence-corrected chi connectivity index (χ0v) is 17.0. The molecule has 0 spiro atoms. The summed E-state index contributed by atoms with van der Waals surface area (Å²) in [5, 5.41) is 3.08. The maximum absolute atomic E-state index is 12.4. The quantitative estimate of drug-likeness (QED) is 0.689. The molecule has 1 unspecified atom stereocenters. The Labute approximate surface area is 163 Å². The van der Waals surface area contributed by atoms with Gasteiger partial charge in [-0.3, -0.25) is 4.79 Å². The van der Waals surface area contributed by atoms with Gasteiger partial charge in [-0.1, -0.05) is 49.7 Å². The average molecular weight is 369 g/mol. The van der Waals surface area contributed by atoms with E-state index in [-0.39, 0.29) is 11.9 Å². The van der Waals surface area contributed by atoms with Crippen LogP contribution in [-0.2, 0) is 17.6 Å². The Morgan fingerprint density at radius 3 is 2.22 bits per heavy atom. The number of amides is 1. The monoisotopic (exact) mass is 368 g/mol. The number of rotatable bonds is 10. The van der Waals surface area contributed by atoms with Gasteiger partial charge >= 0.3 is 0 Å². The van der Waals surface area contributed by atoms with Crippen molar-refractivity contribution < 1.29 is 9.53 Å². The molecule has 0 fully saturated rings. The van der Waals surface area contributed by atoms with Gasteiger partial charge in [-0.15, -0.1) is 0 Å². The molecule has 1 atom stereocenters. The first-order valence-electron chi connectivity index (χ1n) is 9.68. The van der Waals surface area contributed by atoms with Crippen LogP contribution in [-0.4, -0.2) is 38.6 Å². The summed E-state index contributed by atoms with van der Waals surface area (Å²) in [6, 6.07) is 16.5. The Bertz CT molecular complexity index is 693. The summed E-state index contributed by atoms with van der Waals surface area (Å²) < 4.78 is 5.22. The third-order valence-corrected chi connectivity index (χ3v) is 4.82. The number of methoxy groups -OCH3 is 1. The number of carbonyl (C=O) groups is 1. The van der Waals surface area contributed by atoms with Crippen LogP contribution in [0.15, 0.2) is 48.5 Å². The minimum atomic E-state index is 0.0525. The number of aryl methyl sites for hydroxylation is 1. The van der Waals surface area contributed by atoms with Crippen LogP contribution in [0, 0.1) is 0 Å². The maximum Gasteiger partial charge on any atom is 0.224 e. The van der Waals surface area contributed by atoms with Crippen LogP contribution in [0.5, 0.6) is 5.75 Å². The molecule has 0 radical (unpaired) electrons. The average Bonchev–Trinajstić information content (AvgIpc) is 2.68. The number of likely N-dealkylation sites (N-methyl/N-ethyl adjacent to an activating group) is 1. The lowest BCUT2D eigenvalue weighted by atomic mass is 10.0. The highest BCUT2D eigenvalue weighted by atomic mass is 16.5. The molecule has 0 aliphatic carbocycles. The van der Waals surface area contributed by atoms with Crippen molar-refractivity contribution in [2.45, 2.75) is 38.6 Å². The predicted molar refractivity (Wildman–Crippen MR) is 111 cm³/mol. The number of nitrogens with zero attached hydrogens (tertiary/aromatic N) is 1. The van der Waals surface area contributed by atoms with Crippen molar-refractivity contribution in [3.8, 4) is 5.75 Å². The van der Waals surface area contributed by atoms with E-state index in [1.165, 1.54) is 18.4 Å². The van der Waals surface area contributed by atoms with Gasteiger partial charge in [0.25, 0.3) is 0 Å². The standard InChI is InChI=1S/C23H32N2O2/c1-5-6-7-18-8-10-19(11-9-18)16-23(26)24-17-22(25(2)3)20-12-14-21(27-4)15-13-20/h8-15,22H,5-7,16-17H2,1-4H3,(H,24,26). The zero-order valence-electron chi connectivity index (χ0n) is 17.0. The van der Waals surface area contributed by atoms with Crippen LogP contribution < -0.4 is 10.1 Å². The fraction of sp³-hybridized carbons (Fsp3) is 0.435. The number of ether oxygens (including phenoxy) is 1. The molecular formula is C23H32N2O2. The molecule has 0 heterocycles. The molecule has 0 saturated heterocycles. The molecule has 146 valence electrons. The first-order chi connectivity index (χ1) is 13.0. The van der Waals surface area contributed by atoms with Crippen LogP contribution in [0.4, 0.5) is 0 Å². The third-order valence-electron chi connectivity index (χ3n) is 4.82. The lowest BCUT2D eigenvalue weighted by molar-refractivity contribution is -0.120. The number of unbranched alkanes of at least 4 members (excludes halogenated alkanes) is 1. The van der Waals surface area contributed by atoms with E-state index >= 15 is 0 Å². The molecule has 2 rings (SSSR count). The molecule has 4 heteroatoms. The summed E-state index contributed by atoms with van der Waals surface area (Å²) in [5.41, 5.74) is 3.55. The van der Waals surface area contributed by atoms with Crippen molar-refractivity contribution in [3.63, 3.8) is 0 Å². The molecule has 2 aromatic rings. The van der Waals surface area contributed by atoms with Crippen molar-refractivity contribution in [1.82, 2.24) is 10.2 Å². The Hall–Kier alpha value is -2.33. The normalized spacial score (nSPS) is 12.0. The molecule has 27 heavy (non-hydrogen) atoms. The highest BCUT2D eigenvalue weighted by Gasteiger charge is 2.15. The van der Waals surface area contributed by atoms with E-state index < -0.39 is 0 Å². The van der Waals surface area contributed by atoms with Gasteiger partial charge in [-0.05, 0) is 55.8 Å². The minimum absolute atomic E-state index is 0.0525. The zero-order chi connectivity index (χ0) is 19.6. The third kappa shape index (κ3) is 6.72. The van der Waals surface area contributed by atoms with Crippen molar-refractivity contribution >= 4 is 5.91 Å². The highest BCUT2D eigenvalue weighted by molar-refractivity contribution is 5.78. The van der Waals surface area contributed by atoms with Crippen molar-refractivity contribution in [3.05, 3.63) is 65.2 Å². The van der Waals surface area contributed by atoms with Gasteiger partial charge in [0.1, 0.15) is 5.75 Å². The van der Waals surface area contributed by atoms with Crippen LogP contribution >= 0.6 is 0 Å². The van der Waals surface area contributed by atoms with Gasteiger partial charge in [0.15, 0.2) is 0 Å². The van der Waals surface area contributed by atoms with E-state index in [1.54, 1.807) is 7.11 Å². The fourth-order valence-corrected chi connectivity index (χ4v) is 3.09. The Balaban J connectivity index is 1.89. The molecule has 0 saturated carbocycles. The van der Waals surface area contributed by atoms with Gasteiger partial charge in [0.2, 0.25) is 5.91 Å². The molecule has 1 amide bonds. The fourth-order valence-electron chi connectivity index (χ4n) is 3.09. The summed E-state index contributed by atoms with van der Waals surface area (Å²) in [7, 11) is 5.71. The van der Waals surface area contributed by atoms with Crippen molar-refractivity contribution in [1.29, 1.82) is 0 Å². The Morgan fingerprint density at radius 2 is 1.67 bits per heavy atom. The van der Waals surface area contributed by atoms with Crippen LogP contribution in [0.3, 0.4) is 0 Å². The summed E-state index contributed by atoms with van der Waals surface area (Å²) in [6.07, 6.45) is 3.93. The number of nitrogens with one attached hydrogen (secondary N) is 1. The van der Waals surface area contributed by atoms with E-state index in [1.807, 2.05) is 38.4 Å². The minimum Gasteiger partial charge on any atom is -0.497 e. The number of benzene rings is 2. The Morgan fingerprint density at radius 1 is 1.04 bits per heavy atom. The number of carbonyl (C=O) groups excluding carboxylic acids is 1. The van der Waals surface area contributed by atoms with Gasteiger partial charge in [-0.25, -0.2) is 0 Å². The summed E-state index contributed by atoms with van der Waals surface area (Å²) in [5.74, 6) is 0.888. The summed E-state index contributed by atoms with van der Waals surface area (Å²) >= 11 is 0. The second-order valence-electron chi connectivity index (χ2n) is 7.15. The van der Waals surface area contributed by atoms with Gasteiger partial charge in [-0.2, -0.15) is 0 Å². The van der Waals surface area contributed by atoms with E-state index in [9.17, 15) is 4.79 Å². The Kier molecular flexibility index (Phi) is 8.34. The van der Waals surface area contributed by atoms with Crippen molar-refractivity contribution in [2.24, 2.45) is 0 Å². The van der Waals surface area contributed by atoms with Gasteiger partial charge < -0.3 is 15.0 Å². The summed E-state index contributed by atoms with van der Waals surface area (Å²) in [4.78, 5) is 14.5. The van der Waals surface area contributed by atoms with Crippen LogP contribution in [0.2, 0.25) is 0 Å². The van der Waals surface area contributed by atoms with Crippen molar-refractivity contribution in [2.75, 3.05) is 27.7 Å². The largest absolute Gasteiger partial charge is 0.497 e. The van der Waals surface area contributed by atoms with Gasteiger partial charge in [0.05, 0.1) is 19.6 Å². The molecular weight excluding hydrogens is 336 g/mol. The summed E-state index contributed by atoms with van der Waals surface area (Å²) in [6.45, 7) is 2.78. The predicted octanol–water partition coefficient (Wildman–Crippen LogP) is 4.00. The highest BCUT2D eigenvalue weighted by Crippen LogP contribution is 2.20. The molecule has 0 aliphatic heterocycles. The van der Waals surface area contributed by atoms with Gasteiger partial charge in [0, 0.05) is 6.54 Å². The smallest absolute Gasteiger partial charge is 0.224 e. The second-order valence-corrected chi connectivity index (χ2v) is 7.15. The second kappa shape index (κ2) is 10.7. The SMILES string of the molecule is CCCCc1ccc(CC(=O)NCC(c2ccc(OC)cc2)N(C)C)cc1. The number of hydrogen-bond donors (Lipinski definition) is 1. The molecule has 0 bridgehead atoms. The number of hydrogen-bond acceptors (Lipinski definition) is 3. The molecule has 0 aromatic heterocycles. The first-order valence-corrected chi connectivity index (χ1v) is 9.68. The maximum atomic E-state index is 12.4. The molecule has 2 aromatic carbocycles. The lowest BCUT2D eigenvalue weighted by Gasteiger charge is -2.25. The van der Waals surface area contributed by atoms with Crippen LogP contribution in [0.25, 0.3) is 0 Å². The molecule has 0 aliphatic rings. The van der Waals surface area contributed by atoms with E-state index in [2.05, 4.69) is 41.4 Å². The molecule has 4 nitrogen and oxygen atoms in total. The van der Waals surface area contributed by atoms with E-state index in [0.717, 1.165) is 23.3 Å². The molecule has 1 N–H and O–H groups in total.